The summed E-state index contributed by atoms with van der Waals surface area (Å²) in [6.07, 6.45) is 0.637. The van der Waals surface area contributed by atoms with Gasteiger partial charge in [-0.15, -0.1) is 0 Å². The summed E-state index contributed by atoms with van der Waals surface area (Å²) in [7, 11) is 0.735. The average molecular weight is 359 g/mol. The van der Waals surface area contributed by atoms with Gasteiger partial charge in [0.25, 0.3) is 0 Å². The summed E-state index contributed by atoms with van der Waals surface area (Å²) >= 11 is 0. The topological polar surface area (TPSA) is 39.7 Å². The molecule has 1 aromatic carbocycles. The summed E-state index contributed by atoms with van der Waals surface area (Å²) in [5.41, 5.74) is -1.03. The smallest absolute Gasteiger partial charge is 0.380 e. The first-order valence-corrected chi connectivity index (χ1v) is 8.21. The van der Waals surface area contributed by atoms with Crippen molar-refractivity contribution in [3.63, 3.8) is 0 Å². The molecule has 4 nitrogen and oxygen atoms in total. The van der Waals surface area contributed by atoms with Crippen molar-refractivity contribution in [2.24, 2.45) is 0 Å². The molecule has 132 valence electrons. The molecule has 0 amide bonds. The Morgan fingerprint density at radius 1 is 0.913 bits per heavy atom. The van der Waals surface area contributed by atoms with Crippen molar-refractivity contribution in [1.29, 1.82) is 0 Å². The van der Waals surface area contributed by atoms with E-state index in [1.165, 1.54) is 14.2 Å². The van der Waals surface area contributed by atoms with E-state index in [4.69, 9.17) is 13.3 Å². The number of halogens is 5. The van der Waals surface area contributed by atoms with Crippen LogP contribution < -0.4 is 5.32 Å². The second kappa shape index (κ2) is 9.16. The molecule has 1 atom stereocenters. The molecule has 0 aliphatic carbocycles. The van der Waals surface area contributed by atoms with Crippen molar-refractivity contribution < 1.29 is 35.2 Å². The predicted octanol–water partition coefficient (Wildman–Crippen LogP) is 2.99. The lowest BCUT2D eigenvalue weighted by Crippen LogP contribution is -2.29. The van der Waals surface area contributed by atoms with Crippen LogP contribution in [0.1, 0.15) is 19.8 Å². The van der Waals surface area contributed by atoms with Crippen LogP contribution in [0.4, 0.5) is 27.6 Å². The van der Waals surface area contributed by atoms with Gasteiger partial charge in [0.2, 0.25) is 5.82 Å². The first-order chi connectivity index (χ1) is 10.8. The maximum Gasteiger partial charge on any atom is 0.483 e. The van der Waals surface area contributed by atoms with E-state index in [9.17, 15) is 22.0 Å². The summed E-state index contributed by atoms with van der Waals surface area (Å²) < 4.78 is 81.2. The third-order valence-electron chi connectivity index (χ3n) is 3.03. The van der Waals surface area contributed by atoms with Crippen LogP contribution in [0.25, 0.3) is 0 Å². The molecule has 0 saturated carbocycles. The Bertz CT molecular complexity index is 502. The Balaban J connectivity index is 2.54. The molecule has 0 aliphatic rings. The van der Waals surface area contributed by atoms with E-state index in [1.807, 2.05) is 0 Å². The number of hydrogen-bond donors (Lipinski definition) is 1. The van der Waals surface area contributed by atoms with Crippen LogP contribution in [0, 0.1) is 29.1 Å². The van der Waals surface area contributed by atoms with Crippen LogP contribution in [0.5, 0.6) is 0 Å². The van der Waals surface area contributed by atoms with E-state index < -0.39 is 44.3 Å². The molecule has 0 aliphatic heterocycles. The van der Waals surface area contributed by atoms with Gasteiger partial charge >= 0.3 is 9.53 Å². The molecule has 10 heteroatoms. The van der Waals surface area contributed by atoms with E-state index in [-0.39, 0.29) is 12.6 Å². The van der Waals surface area contributed by atoms with Crippen LogP contribution in [-0.4, -0.2) is 36.4 Å². The first-order valence-electron chi connectivity index (χ1n) is 6.79. The van der Waals surface area contributed by atoms with E-state index in [2.05, 4.69) is 5.32 Å². The van der Waals surface area contributed by atoms with Gasteiger partial charge in [0.05, 0.1) is 0 Å². The highest BCUT2D eigenvalue weighted by Crippen LogP contribution is 2.27. The third kappa shape index (κ3) is 5.13. The van der Waals surface area contributed by atoms with Crippen LogP contribution in [0.3, 0.4) is 0 Å². The van der Waals surface area contributed by atoms with Crippen LogP contribution in [-0.2, 0) is 13.3 Å². The molecule has 0 saturated heterocycles. The molecule has 1 rings (SSSR count). The van der Waals surface area contributed by atoms with Crippen LogP contribution in [0.2, 0.25) is 0 Å². The molecule has 0 radical (unpaired) electrons. The number of benzene rings is 1. The Labute approximate surface area is 132 Å². The minimum atomic E-state index is -2.18. The maximum absolute atomic E-state index is 13.4. The maximum atomic E-state index is 13.4. The van der Waals surface area contributed by atoms with Crippen LogP contribution >= 0.6 is 0 Å². The van der Waals surface area contributed by atoms with Gasteiger partial charge in [-0.05, 0) is 19.8 Å². The summed E-state index contributed by atoms with van der Waals surface area (Å²) in [6, 6.07) is 0. The summed E-state index contributed by atoms with van der Waals surface area (Å²) in [5.74, 6) is -9.88. The van der Waals surface area contributed by atoms with Gasteiger partial charge in [-0.1, -0.05) is 0 Å². The van der Waals surface area contributed by atoms with Gasteiger partial charge in [-0.25, -0.2) is 22.0 Å². The molecule has 23 heavy (non-hydrogen) atoms. The lowest BCUT2D eigenvalue weighted by atomic mass is 10.2. The number of hydrogen-bond acceptors (Lipinski definition) is 4. The molecular weight excluding hydrogens is 341 g/mol. The lowest BCUT2D eigenvalue weighted by Gasteiger charge is -2.18. The highest BCUT2D eigenvalue weighted by Gasteiger charge is 2.25. The Morgan fingerprint density at radius 3 is 1.87 bits per heavy atom. The Hall–Kier alpha value is -1.23. The van der Waals surface area contributed by atoms with E-state index in [0.717, 1.165) is 0 Å². The van der Waals surface area contributed by atoms with Crippen molar-refractivity contribution in [3.8, 4) is 0 Å². The molecule has 1 unspecified atom stereocenters. The highest BCUT2D eigenvalue weighted by molar-refractivity contribution is 6.36. The van der Waals surface area contributed by atoms with Crippen molar-refractivity contribution >= 4 is 15.2 Å². The standard InChI is InChI=1S/C13H18F5NO3Si/c1-7(22-23(20-2)21-3)5-4-6-19-13-11(17)9(15)8(14)10(16)12(13)18/h7,19,23H,4-6H2,1-3H3. The minimum Gasteiger partial charge on any atom is -0.380 e. The number of anilines is 1. The molecular formula is C13H18F5NO3Si. The lowest BCUT2D eigenvalue weighted by molar-refractivity contribution is 0.0901. The Kier molecular flexibility index (Phi) is 7.89. The number of nitrogens with one attached hydrogen (secondary N) is 1. The highest BCUT2D eigenvalue weighted by atomic mass is 28.3. The van der Waals surface area contributed by atoms with Gasteiger partial charge < -0.3 is 18.6 Å². The molecule has 0 bridgehead atoms. The van der Waals surface area contributed by atoms with Crippen molar-refractivity contribution in [2.75, 3.05) is 26.1 Å². The fourth-order valence-corrected chi connectivity index (χ4v) is 2.76. The predicted molar refractivity (Wildman–Crippen MR) is 75.7 cm³/mol. The summed E-state index contributed by atoms with van der Waals surface area (Å²) in [5, 5.41) is 2.22. The SMILES string of the molecule is CO[SiH](OC)OC(C)CCCNc1c(F)c(F)c(F)c(F)c1F. The zero-order valence-electron chi connectivity index (χ0n) is 12.9. The van der Waals surface area contributed by atoms with Crippen LogP contribution in [0.15, 0.2) is 0 Å². The normalized spacial score (nSPS) is 12.7. The minimum absolute atomic E-state index is 0.0121. The molecule has 0 heterocycles. The molecule has 1 N–H and O–H groups in total. The molecule has 0 aromatic heterocycles. The second-order valence-corrected chi connectivity index (χ2v) is 6.51. The number of rotatable bonds is 9. The van der Waals surface area contributed by atoms with Gasteiger partial charge in [-0.3, -0.25) is 0 Å². The zero-order chi connectivity index (χ0) is 17.6. The average Bonchev–Trinajstić information content (AvgIpc) is 2.55. The monoisotopic (exact) mass is 359 g/mol. The molecule has 0 fully saturated rings. The summed E-state index contributed by atoms with van der Waals surface area (Å²) in [6.45, 7) is 1.77. The van der Waals surface area contributed by atoms with Gasteiger partial charge in [-0.2, -0.15) is 0 Å². The third-order valence-corrected chi connectivity index (χ3v) is 4.48. The van der Waals surface area contributed by atoms with Gasteiger partial charge in [0.1, 0.15) is 5.69 Å². The van der Waals surface area contributed by atoms with E-state index >= 15 is 0 Å². The zero-order valence-corrected chi connectivity index (χ0v) is 14.0. The van der Waals surface area contributed by atoms with Crippen molar-refractivity contribution in [1.82, 2.24) is 0 Å². The molecule has 1 aromatic rings. The fraction of sp³-hybridized carbons (Fsp3) is 0.538. The second-order valence-electron chi connectivity index (χ2n) is 4.72. The molecule has 0 spiro atoms. The van der Waals surface area contributed by atoms with Crippen molar-refractivity contribution in [3.05, 3.63) is 29.1 Å². The Morgan fingerprint density at radius 2 is 1.39 bits per heavy atom. The quantitative estimate of drug-likeness (QED) is 0.242. The van der Waals surface area contributed by atoms with Gasteiger partial charge in [0, 0.05) is 26.9 Å². The first kappa shape index (κ1) is 19.8. The summed E-state index contributed by atoms with van der Waals surface area (Å²) in [4.78, 5) is 0. The largest absolute Gasteiger partial charge is 0.483 e. The van der Waals surface area contributed by atoms with E-state index in [1.54, 1.807) is 6.92 Å². The van der Waals surface area contributed by atoms with E-state index in [0.29, 0.717) is 12.8 Å². The van der Waals surface area contributed by atoms with Gasteiger partial charge in [0.15, 0.2) is 23.3 Å². The fourth-order valence-electron chi connectivity index (χ4n) is 1.83. The van der Waals surface area contributed by atoms with Crippen molar-refractivity contribution in [2.45, 2.75) is 25.9 Å².